The Hall–Kier alpha value is -3.39. The Morgan fingerprint density at radius 2 is 1.73 bits per heavy atom. The molecule has 33 heavy (non-hydrogen) atoms. The van der Waals surface area contributed by atoms with Crippen molar-refractivity contribution in [3.8, 4) is 11.3 Å². The number of hydrogen-bond acceptors (Lipinski definition) is 5. The molecule has 2 aromatic carbocycles. The predicted octanol–water partition coefficient (Wildman–Crippen LogP) is 3.42. The maximum atomic E-state index is 13.6. The molecule has 8 heteroatoms. The van der Waals surface area contributed by atoms with Gasteiger partial charge in [0.15, 0.2) is 0 Å². The van der Waals surface area contributed by atoms with Crippen LogP contribution in [0.4, 0.5) is 8.78 Å². The molecular weight excluding hydrogens is 428 g/mol. The van der Waals surface area contributed by atoms with Gasteiger partial charge in [0.1, 0.15) is 17.7 Å². The van der Waals surface area contributed by atoms with Crippen molar-refractivity contribution < 1.29 is 18.3 Å². The van der Waals surface area contributed by atoms with E-state index >= 15 is 0 Å². The standard InChI is InChI=1S/C25H25F2N3O3/c1-29-9-7-22(8-10-29)33-25(32)12-17-3-2-4-18(11-17)16-30-24(31)6-5-23(28-30)19-13-20(26)15-21(27)14-19/h2-6,11,13-15,22H,7-10,12,16H2,1H3. The zero-order valence-corrected chi connectivity index (χ0v) is 18.3. The van der Waals surface area contributed by atoms with E-state index in [1.54, 1.807) is 0 Å². The van der Waals surface area contributed by atoms with Crippen LogP contribution in [0.25, 0.3) is 11.3 Å². The van der Waals surface area contributed by atoms with Gasteiger partial charge >= 0.3 is 5.97 Å². The van der Waals surface area contributed by atoms with Crippen molar-refractivity contribution in [2.45, 2.75) is 31.9 Å². The van der Waals surface area contributed by atoms with E-state index in [9.17, 15) is 18.4 Å². The number of piperidine rings is 1. The fraction of sp³-hybridized carbons (Fsp3) is 0.320. The Balaban J connectivity index is 1.46. The fourth-order valence-electron chi connectivity index (χ4n) is 3.93. The first-order valence-electron chi connectivity index (χ1n) is 10.9. The van der Waals surface area contributed by atoms with Crippen molar-refractivity contribution in [2.24, 2.45) is 0 Å². The van der Waals surface area contributed by atoms with Crippen LogP contribution in [-0.2, 0) is 22.5 Å². The molecular formula is C25H25F2N3O3. The van der Waals surface area contributed by atoms with Crippen molar-refractivity contribution in [1.82, 2.24) is 14.7 Å². The molecule has 1 aromatic heterocycles. The molecule has 1 aliphatic rings. The SMILES string of the molecule is CN1CCC(OC(=O)Cc2cccc(Cn3nc(-c4cc(F)cc(F)c4)ccc3=O)c2)CC1. The van der Waals surface area contributed by atoms with Crippen molar-refractivity contribution >= 4 is 5.97 Å². The van der Waals surface area contributed by atoms with Crippen molar-refractivity contribution in [1.29, 1.82) is 0 Å². The van der Waals surface area contributed by atoms with Gasteiger partial charge in [0.25, 0.3) is 5.56 Å². The van der Waals surface area contributed by atoms with E-state index in [-0.39, 0.29) is 41.9 Å². The molecule has 1 saturated heterocycles. The smallest absolute Gasteiger partial charge is 0.310 e. The maximum Gasteiger partial charge on any atom is 0.310 e. The molecule has 0 radical (unpaired) electrons. The first kappa shape index (κ1) is 22.8. The van der Waals surface area contributed by atoms with Gasteiger partial charge in [0, 0.05) is 30.8 Å². The molecule has 2 heterocycles. The Morgan fingerprint density at radius 3 is 2.45 bits per heavy atom. The molecule has 1 aliphatic heterocycles. The number of hydrogen-bond donors (Lipinski definition) is 0. The number of likely N-dealkylation sites (tertiary alicyclic amines) is 1. The second-order valence-corrected chi connectivity index (χ2v) is 8.36. The Bertz CT molecular complexity index is 1180. The third-order valence-corrected chi connectivity index (χ3v) is 5.66. The Labute approximate surface area is 190 Å². The van der Waals surface area contributed by atoms with Gasteiger partial charge in [-0.2, -0.15) is 5.10 Å². The molecule has 0 saturated carbocycles. The number of rotatable bonds is 6. The molecule has 0 aliphatic carbocycles. The molecule has 0 unspecified atom stereocenters. The Kier molecular flexibility index (Phi) is 6.93. The van der Waals surface area contributed by atoms with Gasteiger partial charge in [-0.1, -0.05) is 24.3 Å². The maximum absolute atomic E-state index is 13.6. The zero-order valence-electron chi connectivity index (χ0n) is 18.3. The number of nitrogens with zero attached hydrogens (tertiary/aromatic N) is 3. The molecule has 0 spiro atoms. The highest BCUT2D eigenvalue weighted by atomic mass is 19.1. The van der Waals surface area contributed by atoms with Crippen LogP contribution in [0, 0.1) is 11.6 Å². The third-order valence-electron chi connectivity index (χ3n) is 5.66. The molecule has 3 aromatic rings. The molecule has 0 bridgehead atoms. The summed E-state index contributed by atoms with van der Waals surface area (Å²) >= 11 is 0. The molecule has 1 fully saturated rings. The van der Waals surface area contributed by atoms with Crippen LogP contribution < -0.4 is 5.56 Å². The number of aromatic nitrogens is 2. The summed E-state index contributed by atoms with van der Waals surface area (Å²) in [7, 11) is 2.05. The van der Waals surface area contributed by atoms with Gasteiger partial charge in [-0.05, 0) is 49.2 Å². The average Bonchev–Trinajstić information content (AvgIpc) is 2.76. The van der Waals surface area contributed by atoms with Crippen molar-refractivity contribution in [3.63, 3.8) is 0 Å². The van der Waals surface area contributed by atoms with Crippen LogP contribution in [0.1, 0.15) is 24.0 Å². The number of ether oxygens (including phenoxy) is 1. The quantitative estimate of drug-likeness (QED) is 0.536. The topological polar surface area (TPSA) is 64.4 Å². The number of carbonyl (C=O) groups is 1. The van der Waals surface area contributed by atoms with Crippen LogP contribution in [0.5, 0.6) is 0 Å². The summed E-state index contributed by atoms with van der Waals surface area (Å²) in [5.74, 6) is -1.71. The van der Waals surface area contributed by atoms with E-state index in [0.717, 1.165) is 55.3 Å². The summed E-state index contributed by atoms with van der Waals surface area (Å²) in [6.45, 7) is 1.98. The van der Waals surface area contributed by atoms with E-state index < -0.39 is 11.6 Å². The van der Waals surface area contributed by atoms with Crippen LogP contribution in [0.2, 0.25) is 0 Å². The molecule has 0 atom stereocenters. The monoisotopic (exact) mass is 453 g/mol. The van der Waals surface area contributed by atoms with Gasteiger partial charge in [0.2, 0.25) is 0 Å². The second-order valence-electron chi connectivity index (χ2n) is 8.36. The number of halogens is 2. The normalized spacial score (nSPS) is 14.9. The average molecular weight is 453 g/mol. The van der Waals surface area contributed by atoms with Crippen LogP contribution >= 0.6 is 0 Å². The number of carbonyl (C=O) groups excluding carboxylic acids is 1. The number of benzene rings is 2. The van der Waals surface area contributed by atoms with Crippen molar-refractivity contribution in [2.75, 3.05) is 20.1 Å². The molecule has 6 nitrogen and oxygen atoms in total. The summed E-state index contributed by atoms with van der Waals surface area (Å²) in [6, 6.07) is 13.2. The van der Waals surface area contributed by atoms with Crippen LogP contribution in [-0.4, -0.2) is 46.9 Å². The fourth-order valence-corrected chi connectivity index (χ4v) is 3.93. The molecule has 172 valence electrons. The summed E-state index contributed by atoms with van der Waals surface area (Å²) in [4.78, 5) is 26.9. The predicted molar refractivity (Wildman–Crippen MR) is 120 cm³/mol. The van der Waals surface area contributed by atoms with E-state index in [0.29, 0.717) is 0 Å². The van der Waals surface area contributed by atoms with Crippen molar-refractivity contribution in [3.05, 3.63) is 87.7 Å². The lowest BCUT2D eigenvalue weighted by Crippen LogP contribution is -2.35. The minimum atomic E-state index is -0.718. The molecule has 0 amide bonds. The van der Waals surface area contributed by atoms with Crippen LogP contribution in [0.3, 0.4) is 0 Å². The second kappa shape index (κ2) is 10.0. The largest absolute Gasteiger partial charge is 0.462 e. The first-order chi connectivity index (χ1) is 15.9. The van der Waals surface area contributed by atoms with Gasteiger partial charge in [-0.25, -0.2) is 13.5 Å². The lowest BCUT2D eigenvalue weighted by molar-refractivity contribution is -0.150. The van der Waals surface area contributed by atoms with E-state index in [2.05, 4.69) is 17.0 Å². The Morgan fingerprint density at radius 1 is 1.03 bits per heavy atom. The van der Waals surface area contributed by atoms with E-state index in [1.807, 2.05) is 24.3 Å². The summed E-state index contributed by atoms with van der Waals surface area (Å²) in [5, 5.41) is 4.27. The lowest BCUT2D eigenvalue weighted by Gasteiger charge is -2.28. The molecule has 4 rings (SSSR count). The van der Waals surface area contributed by atoms with Gasteiger partial charge in [0.05, 0.1) is 18.7 Å². The zero-order chi connectivity index (χ0) is 23.4. The first-order valence-corrected chi connectivity index (χ1v) is 10.9. The highest BCUT2D eigenvalue weighted by molar-refractivity contribution is 5.72. The summed E-state index contributed by atoms with van der Waals surface area (Å²) < 4.78 is 34.0. The highest BCUT2D eigenvalue weighted by Gasteiger charge is 2.20. The highest BCUT2D eigenvalue weighted by Crippen LogP contribution is 2.19. The minimum Gasteiger partial charge on any atom is -0.462 e. The lowest BCUT2D eigenvalue weighted by atomic mass is 10.1. The summed E-state index contributed by atoms with van der Waals surface area (Å²) in [5.41, 5.74) is 1.74. The van der Waals surface area contributed by atoms with E-state index in [4.69, 9.17) is 4.74 Å². The van der Waals surface area contributed by atoms with Gasteiger partial charge in [-0.15, -0.1) is 0 Å². The number of esters is 1. The molecule has 0 N–H and O–H groups in total. The van der Waals surface area contributed by atoms with Crippen LogP contribution in [0.15, 0.2) is 59.4 Å². The van der Waals surface area contributed by atoms with E-state index in [1.165, 1.54) is 16.8 Å². The summed E-state index contributed by atoms with van der Waals surface area (Å²) in [6.07, 6.45) is 1.77. The van der Waals surface area contributed by atoms with Gasteiger partial charge in [-0.3, -0.25) is 9.59 Å². The minimum absolute atomic E-state index is 0.0462. The third kappa shape index (κ3) is 6.10. The van der Waals surface area contributed by atoms with Gasteiger partial charge < -0.3 is 9.64 Å².